The number of ether oxygens (including phenoxy) is 1. The summed E-state index contributed by atoms with van der Waals surface area (Å²) >= 11 is 0.831. The second kappa shape index (κ2) is 5.47. The van der Waals surface area contributed by atoms with Crippen LogP contribution in [0, 0.1) is 0 Å². The van der Waals surface area contributed by atoms with Gasteiger partial charge in [-0.05, 0) is 0 Å². The summed E-state index contributed by atoms with van der Waals surface area (Å²) in [5.74, 6) is -0.803. The van der Waals surface area contributed by atoms with Gasteiger partial charge >= 0.3 is 5.97 Å². The van der Waals surface area contributed by atoms with E-state index in [0.29, 0.717) is 5.69 Å². The van der Waals surface area contributed by atoms with Crippen LogP contribution < -0.4 is 4.72 Å². The maximum absolute atomic E-state index is 12.0. The van der Waals surface area contributed by atoms with E-state index in [1.54, 1.807) is 0 Å². The van der Waals surface area contributed by atoms with Crippen molar-refractivity contribution in [1.29, 1.82) is 0 Å². The molecule has 0 saturated carbocycles. The number of rotatable bonds is 5. The average Bonchev–Trinajstić information content (AvgIpc) is 3.06. The van der Waals surface area contributed by atoms with Gasteiger partial charge in [0.1, 0.15) is 6.26 Å². The lowest BCUT2D eigenvalue weighted by atomic mass is 10.5. The molecule has 2 heterocycles. The van der Waals surface area contributed by atoms with Gasteiger partial charge in [-0.3, -0.25) is 0 Å². The number of carbonyl (C=O) groups excluding carboxylic acids is 1. The number of methoxy groups -OCH3 is 1. The van der Waals surface area contributed by atoms with Crippen LogP contribution in [0.4, 0.5) is 0 Å². The molecular weight excluding hydrogens is 294 g/mol. The van der Waals surface area contributed by atoms with E-state index in [1.807, 2.05) is 0 Å². The van der Waals surface area contributed by atoms with Gasteiger partial charge in [0, 0.05) is 6.07 Å². The van der Waals surface area contributed by atoms with Crippen molar-refractivity contribution >= 4 is 27.3 Å². The van der Waals surface area contributed by atoms with Gasteiger partial charge in [-0.15, -0.1) is 11.3 Å². The summed E-state index contributed by atoms with van der Waals surface area (Å²) in [7, 11) is -2.70. The van der Waals surface area contributed by atoms with Crippen molar-refractivity contribution in [3.63, 3.8) is 0 Å². The summed E-state index contributed by atoms with van der Waals surface area (Å²) in [6.07, 6.45) is 1.33. The lowest BCUT2D eigenvalue weighted by Gasteiger charge is -2.04. The number of hydrogen-bond acceptors (Lipinski definition) is 8. The van der Waals surface area contributed by atoms with Gasteiger partial charge < -0.3 is 9.26 Å². The molecule has 19 heavy (non-hydrogen) atoms. The lowest BCUT2D eigenvalue weighted by Crippen LogP contribution is -2.24. The number of sulfonamides is 1. The Morgan fingerprint density at radius 2 is 2.37 bits per heavy atom. The van der Waals surface area contributed by atoms with Crippen LogP contribution in [0.25, 0.3) is 0 Å². The minimum Gasteiger partial charge on any atom is -0.464 e. The highest BCUT2D eigenvalue weighted by atomic mass is 32.2. The number of aromatic nitrogens is 2. The van der Waals surface area contributed by atoms with Crippen LogP contribution in [-0.4, -0.2) is 31.6 Å². The Morgan fingerprint density at radius 1 is 1.58 bits per heavy atom. The Bertz CT molecular complexity index is 662. The molecule has 0 fully saturated rings. The van der Waals surface area contributed by atoms with E-state index in [4.69, 9.17) is 0 Å². The Kier molecular flexibility index (Phi) is 3.93. The summed E-state index contributed by atoms with van der Waals surface area (Å²) in [6.45, 7) is -0.0443. The third-order valence-corrected chi connectivity index (χ3v) is 4.86. The SMILES string of the molecule is COC(=O)c1ncsc1S(=O)(=O)NCc1ccon1. The molecule has 0 saturated heterocycles. The van der Waals surface area contributed by atoms with E-state index in [-0.39, 0.29) is 16.4 Å². The van der Waals surface area contributed by atoms with Crippen molar-refractivity contribution in [3.05, 3.63) is 29.2 Å². The fourth-order valence-corrected chi connectivity index (χ4v) is 3.40. The number of hydrogen-bond donors (Lipinski definition) is 1. The van der Waals surface area contributed by atoms with Gasteiger partial charge in [0.05, 0.1) is 24.9 Å². The molecule has 0 amide bonds. The molecule has 0 aromatic carbocycles. The molecule has 102 valence electrons. The van der Waals surface area contributed by atoms with Crippen LogP contribution in [0.3, 0.4) is 0 Å². The molecular formula is C9H9N3O5S2. The fourth-order valence-electron chi connectivity index (χ4n) is 1.22. The molecule has 0 aliphatic heterocycles. The molecule has 0 aliphatic carbocycles. The first kappa shape index (κ1) is 13.6. The highest BCUT2D eigenvalue weighted by molar-refractivity contribution is 7.91. The molecule has 0 aliphatic rings. The number of nitrogens with one attached hydrogen (secondary N) is 1. The largest absolute Gasteiger partial charge is 0.464 e. The zero-order chi connectivity index (χ0) is 13.9. The van der Waals surface area contributed by atoms with Gasteiger partial charge in [0.25, 0.3) is 10.0 Å². The van der Waals surface area contributed by atoms with E-state index in [0.717, 1.165) is 18.4 Å². The van der Waals surface area contributed by atoms with Crippen LogP contribution in [0.5, 0.6) is 0 Å². The zero-order valence-electron chi connectivity index (χ0n) is 9.69. The van der Waals surface area contributed by atoms with Crippen molar-refractivity contribution in [1.82, 2.24) is 14.9 Å². The van der Waals surface area contributed by atoms with Gasteiger partial charge in [0.2, 0.25) is 0 Å². The van der Waals surface area contributed by atoms with Crippen molar-refractivity contribution in [2.24, 2.45) is 0 Å². The van der Waals surface area contributed by atoms with Crippen LogP contribution in [-0.2, 0) is 21.3 Å². The molecule has 2 aromatic heterocycles. The standard InChI is InChI=1S/C9H9N3O5S2/c1-16-8(13)7-9(18-5-10-7)19(14,15)11-4-6-2-3-17-12-6/h2-3,5,11H,4H2,1H3. The van der Waals surface area contributed by atoms with Gasteiger partial charge in [0.15, 0.2) is 9.90 Å². The van der Waals surface area contributed by atoms with E-state index in [9.17, 15) is 13.2 Å². The molecule has 0 bridgehead atoms. The van der Waals surface area contributed by atoms with E-state index >= 15 is 0 Å². The minimum atomic E-state index is -3.86. The number of carbonyl (C=O) groups is 1. The molecule has 1 N–H and O–H groups in total. The van der Waals surface area contributed by atoms with Gasteiger partial charge in [-0.2, -0.15) is 0 Å². The van der Waals surface area contributed by atoms with Crippen LogP contribution in [0.1, 0.15) is 16.2 Å². The van der Waals surface area contributed by atoms with Crippen molar-refractivity contribution in [2.45, 2.75) is 10.8 Å². The number of esters is 1. The predicted octanol–water partition coefficient (Wildman–Crippen LogP) is 0.396. The number of thiazole rings is 1. The molecule has 0 radical (unpaired) electrons. The quantitative estimate of drug-likeness (QED) is 0.795. The second-order valence-electron chi connectivity index (χ2n) is 3.30. The normalized spacial score (nSPS) is 11.4. The first-order valence-corrected chi connectivity index (χ1v) is 7.31. The zero-order valence-corrected chi connectivity index (χ0v) is 11.3. The first-order valence-electron chi connectivity index (χ1n) is 4.95. The third kappa shape index (κ3) is 2.97. The van der Waals surface area contributed by atoms with Crippen LogP contribution in [0.2, 0.25) is 0 Å². The molecule has 10 heteroatoms. The average molecular weight is 303 g/mol. The second-order valence-corrected chi connectivity index (χ2v) is 6.11. The lowest BCUT2D eigenvalue weighted by molar-refractivity contribution is 0.0590. The van der Waals surface area contributed by atoms with Crippen LogP contribution in [0.15, 0.2) is 26.6 Å². The summed E-state index contributed by atoms with van der Waals surface area (Å²) in [4.78, 5) is 15.1. The predicted molar refractivity (Wildman–Crippen MR) is 64.0 cm³/mol. The summed E-state index contributed by atoms with van der Waals surface area (Å²) in [5.41, 5.74) is 1.45. The summed E-state index contributed by atoms with van der Waals surface area (Å²) in [5, 5.41) is 3.57. The minimum absolute atomic E-state index is 0.0443. The summed E-state index contributed by atoms with van der Waals surface area (Å²) in [6, 6.07) is 1.52. The van der Waals surface area contributed by atoms with Gasteiger partial charge in [-0.1, -0.05) is 5.16 Å². The molecule has 8 nitrogen and oxygen atoms in total. The smallest absolute Gasteiger partial charge is 0.358 e. The Hall–Kier alpha value is -1.78. The Morgan fingerprint density at radius 3 is 3.00 bits per heavy atom. The molecule has 2 rings (SSSR count). The van der Waals surface area contributed by atoms with Gasteiger partial charge in [-0.25, -0.2) is 22.9 Å². The van der Waals surface area contributed by atoms with E-state index < -0.39 is 16.0 Å². The summed E-state index contributed by atoms with van der Waals surface area (Å²) < 4.78 is 35.2. The fraction of sp³-hybridized carbons (Fsp3) is 0.222. The monoisotopic (exact) mass is 303 g/mol. The molecule has 2 aromatic rings. The van der Waals surface area contributed by atoms with E-state index in [1.165, 1.54) is 17.8 Å². The first-order chi connectivity index (χ1) is 9.04. The van der Waals surface area contributed by atoms with Crippen molar-refractivity contribution < 1.29 is 22.5 Å². The Balaban J connectivity index is 2.20. The number of nitrogens with zero attached hydrogens (tertiary/aromatic N) is 2. The van der Waals surface area contributed by atoms with Crippen LogP contribution >= 0.6 is 11.3 Å². The molecule has 0 unspecified atom stereocenters. The molecule has 0 atom stereocenters. The topological polar surface area (TPSA) is 111 Å². The van der Waals surface area contributed by atoms with Crippen molar-refractivity contribution in [3.8, 4) is 0 Å². The van der Waals surface area contributed by atoms with E-state index in [2.05, 4.69) is 24.1 Å². The Labute approximate surface area is 112 Å². The van der Waals surface area contributed by atoms with Crippen molar-refractivity contribution in [2.75, 3.05) is 7.11 Å². The maximum Gasteiger partial charge on any atom is 0.358 e. The maximum atomic E-state index is 12.0. The highest BCUT2D eigenvalue weighted by Crippen LogP contribution is 2.20. The highest BCUT2D eigenvalue weighted by Gasteiger charge is 2.26. The molecule has 0 spiro atoms. The third-order valence-electron chi connectivity index (χ3n) is 2.09.